The number of aryl methyl sites for hydroxylation is 1. The molecule has 0 aliphatic heterocycles. The van der Waals surface area contributed by atoms with Crippen molar-refractivity contribution in [1.29, 1.82) is 0 Å². The minimum Gasteiger partial charge on any atom is -0.378 e. The number of hydrogen-bond acceptors (Lipinski definition) is 2. The highest BCUT2D eigenvalue weighted by molar-refractivity contribution is 6.09. The van der Waals surface area contributed by atoms with Crippen LogP contribution in [0.3, 0.4) is 0 Å². The summed E-state index contributed by atoms with van der Waals surface area (Å²) in [7, 11) is 3.96. The molecule has 2 nitrogen and oxygen atoms in total. The van der Waals surface area contributed by atoms with Crippen LogP contribution in [0.2, 0.25) is 0 Å². The van der Waals surface area contributed by atoms with Gasteiger partial charge >= 0.3 is 0 Å². The standard InChI is InChI=1S/C18H21NO/c1-4-7-14-8-5-9-15(12-14)18(20)16-10-6-11-17(13-16)19(2)3/h5-6,8-13H,4,7H2,1-3H3. The lowest BCUT2D eigenvalue weighted by molar-refractivity contribution is 0.103. The van der Waals surface area contributed by atoms with Crippen molar-refractivity contribution in [2.24, 2.45) is 0 Å². The first-order chi connectivity index (χ1) is 9.61. The van der Waals surface area contributed by atoms with E-state index in [-0.39, 0.29) is 5.78 Å². The predicted octanol–water partition coefficient (Wildman–Crippen LogP) is 3.94. The lowest BCUT2D eigenvalue weighted by Gasteiger charge is -2.13. The molecule has 0 fully saturated rings. The Hall–Kier alpha value is -2.09. The molecule has 0 saturated carbocycles. The van der Waals surface area contributed by atoms with Crippen molar-refractivity contribution in [3.05, 3.63) is 65.2 Å². The minimum atomic E-state index is 0.0895. The van der Waals surface area contributed by atoms with Gasteiger partial charge in [-0.15, -0.1) is 0 Å². The topological polar surface area (TPSA) is 20.3 Å². The van der Waals surface area contributed by atoms with E-state index in [1.807, 2.05) is 61.5 Å². The third kappa shape index (κ3) is 3.27. The Kier molecular flexibility index (Phi) is 4.57. The van der Waals surface area contributed by atoms with Gasteiger partial charge in [0.25, 0.3) is 0 Å². The third-order valence-corrected chi connectivity index (χ3v) is 3.35. The van der Waals surface area contributed by atoms with Crippen molar-refractivity contribution >= 4 is 11.5 Å². The molecule has 0 atom stereocenters. The van der Waals surface area contributed by atoms with E-state index in [0.717, 1.165) is 29.7 Å². The van der Waals surface area contributed by atoms with Crippen LogP contribution in [-0.4, -0.2) is 19.9 Å². The fourth-order valence-electron chi connectivity index (χ4n) is 2.25. The number of nitrogens with zero attached hydrogens (tertiary/aromatic N) is 1. The molecule has 2 aromatic carbocycles. The van der Waals surface area contributed by atoms with E-state index in [9.17, 15) is 4.79 Å². The Morgan fingerprint density at radius 1 is 1.00 bits per heavy atom. The van der Waals surface area contributed by atoms with Gasteiger partial charge in [-0.2, -0.15) is 0 Å². The molecule has 104 valence electrons. The number of anilines is 1. The highest BCUT2D eigenvalue weighted by Gasteiger charge is 2.10. The summed E-state index contributed by atoms with van der Waals surface area (Å²) >= 11 is 0. The molecule has 0 N–H and O–H groups in total. The molecule has 0 amide bonds. The molecule has 0 aromatic heterocycles. The Labute approximate surface area is 121 Å². The number of hydrogen-bond donors (Lipinski definition) is 0. The Morgan fingerprint density at radius 2 is 1.65 bits per heavy atom. The molecule has 2 aromatic rings. The summed E-state index contributed by atoms with van der Waals surface area (Å²) in [5.41, 5.74) is 3.78. The Balaban J connectivity index is 2.31. The SMILES string of the molecule is CCCc1cccc(C(=O)c2cccc(N(C)C)c2)c1. The van der Waals surface area contributed by atoms with Crippen LogP contribution in [0.25, 0.3) is 0 Å². The van der Waals surface area contributed by atoms with E-state index in [1.165, 1.54) is 5.56 Å². The van der Waals surface area contributed by atoms with Crippen LogP contribution in [0.5, 0.6) is 0 Å². The van der Waals surface area contributed by atoms with Crippen LogP contribution >= 0.6 is 0 Å². The molecule has 0 aliphatic rings. The van der Waals surface area contributed by atoms with Crippen LogP contribution in [0.4, 0.5) is 5.69 Å². The summed E-state index contributed by atoms with van der Waals surface area (Å²) in [5.74, 6) is 0.0895. The Bertz CT molecular complexity index is 602. The second-order valence-electron chi connectivity index (χ2n) is 5.22. The van der Waals surface area contributed by atoms with Gasteiger partial charge in [-0.25, -0.2) is 0 Å². The third-order valence-electron chi connectivity index (χ3n) is 3.35. The quantitative estimate of drug-likeness (QED) is 0.765. The summed E-state index contributed by atoms with van der Waals surface area (Å²) in [5, 5.41) is 0. The van der Waals surface area contributed by atoms with Gasteiger partial charge in [0.05, 0.1) is 0 Å². The largest absolute Gasteiger partial charge is 0.378 e. The van der Waals surface area contributed by atoms with Crippen molar-refractivity contribution < 1.29 is 4.79 Å². The second-order valence-corrected chi connectivity index (χ2v) is 5.22. The van der Waals surface area contributed by atoms with Crippen LogP contribution < -0.4 is 4.90 Å². The number of ketones is 1. The fourth-order valence-corrected chi connectivity index (χ4v) is 2.25. The number of carbonyl (C=O) groups is 1. The molecule has 2 rings (SSSR count). The Morgan fingerprint density at radius 3 is 2.30 bits per heavy atom. The molecule has 20 heavy (non-hydrogen) atoms. The van der Waals surface area contributed by atoms with Gasteiger partial charge in [-0.1, -0.05) is 43.7 Å². The van der Waals surface area contributed by atoms with Gasteiger partial charge in [0, 0.05) is 30.9 Å². The van der Waals surface area contributed by atoms with Crippen molar-refractivity contribution in [2.45, 2.75) is 19.8 Å². The van der Waals surface area contributed by atoms with Gasteiger partial charge in [0.1, 0.15) is 0 Å². The monoisotopic (exact) mass is 267 g/mol. The number of carbonyl (C=O) groups excluding carboxylic acids is 1. The lowest BCUT2D eigenvalue weighted by atomic mass is 9.99. The molecule has 0 saturated heterocycles. The summed E-state index contributed by atoms with van der Waals surface area (Å²) in [6.45, 7) is 2.15. The maximum Gasteiger partial charge on any atom is 0.193 e. The van der Waals surface area contributed by atoms with E-state index in [1.54, 1.807) is 0 Å². The van der Waals surface area contributed by atoms with E-state index >= 15 is 0 Å². The summed E-state index contributed by atoms with van der Waals surface area (Å²) in [6, 6.07) is 15.7. The summed E-state index contributed by atoms with van der Waals surface area (Å²) in [6.07, 6.45) is 2.10. The van der Waals surface area contributed by atoms with Crippen molar-refractivity contribution in [1.82, 2.24) is 0 Å². The average Bonchev–Trinajstić information content (AvgIpc) is 2.47. The molecule has 2 heteroatoms. The molecule has 0 bridgehead atoms. The molecule has 0 spiro atoms. The smallest absolute Gasteiger partial charge is 0.193 e. The van der Waals surface area contributed by atoms with E-state index < -0.39 is 0 Å². The first-order valence-corrected chi connectivity index (χ1v) is 7.03. The van der Waals surface area contributed by atoms with Crippen molar-refractivity contribution in [2.75, 3.05) is 19.0 Å². The maximum atomic E-state index is 12.6. The average molecular weight is 267 g/mol. The maximum absolute atomic E-state index is 12.6. The zero-order valence-electron chi connectivity index (χ0n) is 12.4. The number of rotatable bonds is 5. The zero-order valence-corrected chi connectivity index (χ0v) is 12.4. The normalized spacial score (nSPS) is 10.3. The van der Waals surface area contributed by atoms with Crippen LogP contribution in [0.15, 0.2) is 48.5 Å². The van der Waals surface area contributed by atoms with Gasteiger partial charge in [0.2, 0.25) is 0 Å². The first-order valence-electron chi connectivity index (χ1n) is 7.03. The van der Waals surface area contributed by atoms with Crippen molar-refractivity contribution in [3.63, 3.8) is 0 Å². The van der Waals surface area contributed by atoms with E-state index in [0.29, 0.717) is 0 Å². The predicted molar refractivity (Wildman–Crippen MR) is 84.6 cm³/mol. The fraction of sp³-hybridized carbons (Fsp3) is 0.278. The van der Waals surface area contributed by atoms with Gasteiger partial charge < -0.3 is 4.90 Å². The summed E-state index contributed by atoms with van der Waals surface area (Å²) in [4.78, 5) is 14.6. The van der Waals surface area contributed by atoms with Gasteiger partial charge in [0.15, 0.2) is 5.78 Å². The minimum absolute atomic E-state index is 0.0895. The second kappa shape index (κ2) is 6.38. The number of benzene rings is 2. The molecule has 0 aliphatic carbocycles. The highest BCUT2D eigenvalue weighted by Crippen LogP contribution is 2.18. The van der Waals surface area contributed by atoms with Crippen molar-refractivity contribution in [3.8, 4) is 0 Å². The highest BCUT2D eigenvalue weighted by atomic mass is 16.1. The molecular formula is C18H21NO. The van der Waals surface area contributed by atoms with E-state index in [4.69, 9.17) is 0 Å². The summed E-state index contributed by atoms with van der Waals surface area (Å²) < 4.78 is 0. The van der Waals surface area contributed by atoms with Crippen LogP contribution in [-0.2, 0) is 6.42 Å². The van der Waals surface area contributed by atoms with Crippen LogP contribution in [0.1, 0.15) is 34.8 Å². The molecule has 0 radical (unpaired) electrons. The van der Waals surface area contributed by atoms with Gasteiger partial charge in [-0.3, -0.25) is 4.79 Å². The first kappa shape index (κ1) is 14.3. The molecule has 0 unspecified atom stereocenters. The molecular weight excluding hydrogens is 246 g/mol. The van der Waals surface area contributed by atoms with Gasteiger partial charge in [-0.05, 0) is 30.2 Å². The molecule has 0 heterocycles. The lowest BCUT2D eigenvalue weighted by Crippen LogP contribution is -2.10. The zero-order chi connectivity index (χ0) is 14.5. The van der Waals surface area contributed by atoms with E-state index in [2.05, 4.69) is 13.0 Å². The van der Waals surface area contributed by atoms with Crippen LogP contribution in [0, 0.1) is 0 Å².